The molecule has 0 saturated heterocycles. The third-order valence-electron chi connectivity index (χ3n) is 3.71. The lowest BCUT2D eigenvalue weighted by Crippen LogP contribution is -2.14. The second-order valence-corrected chi connectivity index (χ2v) is 5.54. The molecule has 0 bridgehead atoms. The fourth-order valence-electron chi connectivity index (χ4n) is 2.47. The zero-order valence-electron chi connectivity index (χ0n) is 14.6. The quantitative estimate of drug-likeness (QED) is 0.487. The molecule has 0 saturated carbocycles. The first-order chi connectivity index (χ1) is 12.3. The highest BCUT2D eigenvalue weighted by atomic mass is 19.1. The number of hydrogen-bond acceptors (Lipinski definition) is 5. The summed E-state index contributed by atoms with van der Waals surface area (Å²) in [4.78, 5) is 38.5. The van der Waals surface area contributed by atoms with Gasteiger partial charge in [-0.1, -0.05) is 12.1 Å². The van der Waals surface area contributed by atoms with Gasteiger partial charge in [0, 0.05) is 11.8 Å². The number of rotatable bonds is 6. The lowest BCUT2D eigenvalue weighted by Gasteiger charge is -2.02. The van der Waals surface area contributed by atoms with Crippen LogP contribution < -0.4 is 0 Å². The molecule has 0 unspecified atom stereocenters. The Labute approximate surface area is 149 Å². The van der Waals surface area contributed by atoms with Crippen molar-refractivity contribution >= 4 is 23.8 Å². The van der Waals surface area contributed by atoms with Gasteiger partial charge in [0.25, 0.3) is 0 Å². The van der Waals surface area contributed by atoms with E-state index in [2.05, 4.69) is 9.72 Å². The molecule has 6 nitrogen and oxygen atoms in total. The van der Waals surface area contributed by atoms with Crippen molar-refractivity contribution in [3.05, 3.63) is 64.2 Å². The second kappa shape index (κ2) is 8.24. The monoisotopic (exact) mass is 359 g/mol. The molecule has 1 aromatic heterocycles. The van der Waals surface area contributed by atoms with Crippen LogP contribution in [0.2, 0.25) is 0 Å². The molecule has 0 atom stereocenters. The fraction of sp³-hybridized carbons (Fsp3) is 0.211. The van der Waals surface area contributed by atoms with Gasteiger partial charge in [-0.25, -0.2) is 14.0 Å². The predicted octanol–water partition coefficient (Wildman–Crippen LogP) is 3.00. The number of aromatic nitrogens is 1. The SMILES string of the molecule is COC(=O)c1c(C)[nH]c(C(=O)COC(=O)/C=C/c2cccc(F)c2)c1C. The molecule has 0 fully saturated rings. The molecule has 0 amide bonds. The molecule has 136 valence electrons. The average Bonchev–Trinajstić information content (AvgIpc) is 2.91. The molecule has 0 radical (unpaired) electrons. The lowest BCUT2D eigenvalue weighted by molar-refractivity contribution is -0.136. The van der Waals surface area contributed by atoms with Gasteiger partial charge < -0.3 is 14.5 Å². The van der Waals surface area contributed by atoms with E-state index >= 15 is 0 Å². The fourth-order valence-corrected chi connectivity index (χ4v) is 2.47. The Bertz CT molecular complexity index is 882. The summed E-state index contributed by atoms with van der Waals surface area (Å²) in [5.74, 6) is -2.19. The van der Waals surface area contributed by atoms with E-state index in [-0.39, 0.29) is 11.3 Å². The molecule has 7 heteroatoms. The smallest absolute Gasteiger partial charge is 0.339 e. The number of H-pyrrole nitrogens is 1. The summed E-state index contributed by atoms with van der Waals surface area (Å²) in [5.41, 5.74) is 1.89. The summed E-state index contributed by atoms with van der Waals surface area (Å²) in [7, 11) is 1.25. The molecule has 2 rings (SSSR count). The van der Waals surface area contributed by atoms with Crippen LogP contribution in [0.1, 0.15) is 37.7 Å². The van der Waals surface area contributed by atoms with Crippen molar-refractivity contribution in [1.82, 2.24) is 4.98 Å². The summed E-state index contributed by atoms with van der Waals surface area (Å²) in [6.45, 7) is 2.76. The first-order valence-corrected chi connectivity index (χ1v) is 7.74. The Morgan fingerprint density at radius 1 is 1.23 bits per heavy atom. The van der Waals surface area contributed by atoms with E-state index in [1.807, 2.05) is 0 Å². The van der Waals surface area contributed by atoms with E-state index in [0.29, 0.717) is 16.8 Å². The van der Waals surface area contributed by atoms with E-state index in [1.165, 1.54) is 31.4 Å². The molecule has 0 aliphatic heterocycles. The number of Topliss-reactive ketones (excluding diaryl/α,β-unsaturated/α-hetero) is 1. The number of halogens is 1. The van der Waals surface area contributed by atoms with Gasteiger partial charge in [0.1, 0.15) is 5.82 Å². The minimum atomic E-state index is -0.739. The highest BCUT2D eigenvalue weighted by Gasteiger charge is 2.22. The number of carbonyl (C=O) groups is 3. The van der Waals surface area contributed by atoms with Crippen molar-refractivity contribution < 1.29 is 28.2 Å². The van der Waals surface area contributed by atoms with E-state index in [1.54, 1.807) is 19.9 Å². The number of aromatic amines is 1. The zero-order chi connectivity index (χ0) is 19.3. The molecule has 1 heterocycles. The van der Waals surface area contributed by atoms with Gasteiger partial charge >= 0.3 is 11.9 Å². The van der Waals surface area contributed by atoms with Crippen LogP contribution in [0.3, 0.4) is 0 Å². The molecular weight excluding hydrogens is 341 g/mol. The van der Waals surface area contributed by atoms with Crippen LogP contribution >= 0.6 is 0 Å². The van der Waals surface area contributed by atoms with Crippen LogP contribution in [0, 0.1) is 19.7 Å². The topological polar surface area (TPSA) is 85.5 Å². The Morgan fingerprint density at radius 3 is 2.62 bits per heavy atom. The van der Waals surface area contributed by atoms with Gasteiger partial charge in [0.15, 0.2) is 6.61 Å². The van der Waals surface area contributed by atoms with Gasteiger partial charge in [0.05, 0.1) is 18.4 Å². The summed E-state index contributed by atoms with van der Waals surface area (Å²) in [5, 5.41) is 0. The Morgan fingerprint density at radius 2 is 1.96 bits per heavy atom. The maximum Gasteiger partial charge on any atom is 0.339 e. The average molecular weight is 359 g/mol. The number of nitrogens with one attached hydrogen (secondary N) is 1. The maximum atomic E-state index is 13.1. The van der Waals surface area contributed by atoms with E-state index in [0.717, 1.165) is 6.08 Å². The largest absolute Gasteiger partial charge is 0.465 e. The van der Waals surface area contributed by atoms with Crippen LogP contribution in [-0.4, -0.2) is 36.4 Å². The van der Waals surface area contributed by atoms with E-state index in [9.17, 15) is 18.8 Å². The minimum absolute atomic E-state index is 0.185. The number of carbonyl (C=O) groups excluding carboxylic acids is 3. The number of hydrogen-bond donors (Lipinski definition) is 1. The predicted molar refractivity (Wildman–Crippen MR) is 92.3 cm³/mol. The minimum Gasteiger partial charge on any atom is -0.465 e. The van der Waals surface area contributed by atoms with Gasteiger partial charge in [0.2, 0.25) is 5.78 Å². The lowest BCUT2D eigenvalue weighted by atomic mass is 10.1. The molecule has 0 aliphatic carbocycles. The molecule has 26 heavy (non-hydrogen) atoms. The number of aryl methyl sites for hydroxylation is 1. The Balaban J connectivity index is 2.00. The highest BCUT2D eigenvalue weighted by Crippen LogP contribution is 2.19. The third-order valence-corrected chi connectivity index (χ3v) is 3.71. The molecular formula is C19H18FNO5. The molecule has 1 aromatic carbocycles. The Hall–Kier alpha value is -3.22. The van der Waals surface area contributed by atoms with E-state index in [4.69, 9.17) is 4.74 Å². The number of ether oxygens (including phenoxy) is 2. The first-order valence-electron chi connectivity index (χ1n) is 7.74. The Kier molecular flexibility index (Phi) is 6.06. The van der Waals surface area contributed by atoms with Crippen LogP contribution in [0.4, 0.5) is 4.39 Å². The summed E-state index contributed by atoms with van der Waals surface area (Å²) < 4.78 is 22.6. The van der Waals surface area contributed by atoms with Crippen molar-refractivity contribution in [2.45, 2.75) is 13.8 Å². The molecule has 2 aromatic rings. The highest BCUT2D eigenvalue weighted by molar-refractivity contribution is 6.02. The van der Waals surface area contributed by atoms with Crippen LogP contribution in [-0.2, 0) is 14.3 Å². The number of methoxy groups -OCH3 is 1. The molecule has 0 aliphatic rings. The van der Waals surface area contributed by atoms with Crippen LogP contribution in [0.25, 0.3) is 6.08 Å². The van der Waals surface area contributed by atoms with Crippen molar-refractivity contribution in [3.63, 3.8) is 0 Å². The van der Waals surface area contributed by atoms with Gasteiger partial charge in [-0.2, -0.15) is 0 Å². The van der Waals surface area contributed by atoms with Crippen LogP contribution in [0.5, 0.6) is 0 Å². The number of benzene rings is 1. The number of ketones is 1. The second-order valence-electron chi connectivity index (χ2n) is 5.54. The van der Waals surface area contributed by atoms with Crippen LogP contribution in [0.15, 0.2) is 30.3 Å². The van der Waals surface area contributed by atoms with Crippen molar-refractivity contribution in [2.24, 2.45) is 0 Å². The van der Waals surface area contributed by atoms with Gasteiger partial charge in [-0.05, 0) is 43.2 Å². The molecule has 0 spiro atoms. The summed E-state index contributed by atoms with van der Waals surface area (Å²) in [6, 6.07) is 5.68. The van der Waals surface area contributed by atoms with Gasteiger partial charge in [-0.15, -0.1) is 0 Å². The third kappa shape index (κ3) is 4.44. The maximum absolute atomic E-state index is 13.1. The van der Waals surface area contributed by atoms with Crippen molar-refractivity contribution in [2.75, 3.05) is 13.7 Å². The number of esters is 2. The van der Waals surface area contributed by atoms with Gasteiger partial charge in [-0.3, -0.25) is 4.79 Å². The van der Waals surface area contributed by atoms with Crippen molar-refractivity contribution in [1.29, 1.82) is 0 Å². The first kappa shape index (κ1) is 19.1. The normalized spacial score (nSPS) is 10.8. The summed E-state index contributed by atoms with van der Waals surface area (Å²) in [6.07, 6.45) is 2.49. The van der Waals surface area contributed by atoms with Crippen molar-refractivity contribution in [3.8, 4) is 0 Å². The standard InChI is InChI=1S/C19H18FNO5/c1-11-17(19(24)25-3)12(2)21-18(11)15(22)10-26-16(23)8-7-13-5-4-6-14(20)9-13/h4-9,21H,10H2,1-3H3/b8-7+. The van der Waals surface area contributed by atoms with E-state index < -0.39 is 30.1 Å². The summed E-state index contributed by atoms with van der Waals surface area (Å²) >= 11 is 0. The molecule has 1 N–H and O–H groups in total. The zero-order valence-corrected chi connectivity index (χ0v) is 14.6.